The number of halogens is 3. The average Bonchev–Trinajstić information content (AvgIpc) is 2.79. The van der Waals surface area contributed by atoms with Crippen LogP contribution in [0.3, 0.4) is 0 Å². The van der Waals surface area contributed by atoms with Gasteiger partial charge in [0.05, 0.1) is 12.1 Å². The highest BCUT2D eigenvalue weighted by atomic mass is 19.4. The molecule has 0 unspecified atom stereocenters. The van der Waals surface area contributed by atoms with E-state index in [1.807, 2.05) is 6.92 Å². The van der Waals surface area contributed by atoms with Crippen LogP contribution in [0.4, 0.5) is 13.2 Å². The molecule has 0 aromatic carbocycles. The third-order valence-electron chi connectivity index (χ3n) is 2.66. The van der Waals surface area contributed by atoms with Crippen molar-refractivity contribution in [1.82, 2.24) is 24.8 Å². The van der Waals surface area contributed by atoms with Crippen LogP contribution >= 0.6 is 0 Å². The van der Waals surface area contributed by atoms with E-state index in [9.17, 15) is 18.0 Å². The Morgan fingerprint density at radius 3 is 2.70 bits per heavy atom. The number of nitrogens with zero attached hydrogens (tertiary/aromatic N) is 5. The Labute approximate surface area is 111 Å². The van der Waals surface area contributed by atoms with Gasteiger partial charge in [-0.25, -0.2) is 4.68 Å². The summed E-state index contributed by atoms with van der Waals surface area (Å²) < 4.78 is 40.3. The lowest BCUT2D eigenvalue weighted by atomic mass is 10.3. The van der Waals surface area contributed by atoms with Crippen LogP contribution in [0.25, 0.3) is 0 Å². The summed E-state index contributed by atoms with van der Waals surface area (Å²) in [5.41, 5.74) is -1.42. The first kappa shape index (κ1) is 14.2. The van der Waals surface area contributed by atoms with E-state index in [2.05, 4.69) is 15.5 Å². The van der Waals surface area contributed by atoms with Gasteiger partial charge in [-0.15, -0.1) is 5.10 Å². The lowest BCUT2D eigenvalue weighted by Crippen LogP contribution is -2.23. The minimum absolute atomic E-state index is 0.101. The second-order valence-corrected chi connectivity index (χ2v) is 4.20. The summed E-state index contributed by atoms with van der Waals surface area (Å²) >= 11 is 0. The van der Waals surface area contributed by atoms with E-state index in [0.717, 1.165) is 29.3 Å². The van der Waals surface area contributed by atoms with Gasteiger partial charge in [-0.05, 0) is 22.9 Å². The molecule has 0 atom stereocenters. The zero-order valence-electron chi connectivity index (χ0n) is 10.6. The van der Waals surface area contributed by atoms with Crippen molar-refractivity contribution in [2.45, 2.75) is 32.6 Å². The van der Waals surface area contributed by atoms with Gasteiger partial charge < -0.3 is 4.57 Å². The molecule has 0 amide bonds. The SMILES string of the molecule is CCCn1nnnc1Cn1cc(C(F)(F)F)ccc1=O. The number of alkyl halides is 3. The maximum Gasteiger partial charge on any atom is 0.417 e. The van der Waals surface area contributed by atoms with Crippen LogP contribution in [0.1, 0.15) is 24.7 Å². The summed E-state index contributed by atoms with van der Waals surface area (Å²) in [6.45, 7) is 2.35. The molecule has 0 spiro atoms. The van der Waals surface area contributed by atoms with Crippen molar-refractivity contribution in [3.05, 3.63) is 40.1 Å². The molecule has 6 nitrogen and oxygen atoms in total. The summed E-state index contributed by atoms with van der Waals surface area (Å²) in [6, 6.07) is 1.64. The molecule has 0 fully saturated rings. The molecule has 0 saturated carbocycles. The molecule has 2 rings (SSSR count). The minimum Gasteiger partial charge on any atom is -0.307 e. The minimum atomic E-state index is -4.50. The number of rotatable bonds is 4. The maximum absolute atomic E-state index is 12.6. The van der Waals surface area contributed by atoms with Crippen LogP contribution in [0.2, 0.25) is 0 Å². The molecule has 0 bridgehead atoms. The first-order valence-corrected chi connectivity index (χ1v) is 5.94. The molecule has 9 heteroatoms. The van der Waals surface area contributed by atoms with Crippen LogP contribution in [-0.4, -0.2) is 24.8 Å². The third kappa shape index (κ3) is 3.03. The van der Waals surface area contributed by atoms with E-state index in [-0.39, 0.29) is 6.54 Å². The zero-order valence-corrected chi connectivity index (χ0v) is 10.6. The van der Waals surface area contributed by atoms with Crippen LogP contribution in [0.15, 0.2) is 23.1 Å². The Hall–Kier alpha value is -2.19. The van der Waals surface area contributed by atoms with Gasteiger partial charge in [-0.2, -0.15) is 13.2 Å². The Morgan fingerprint density at radius 2 is 2.05 bits per heavy atom. The number of aryl methyl sites for hydroxylation is 1. The molecule has 2 aromatic rings. The summed E-state index contributed by atoms with van der Waals surface area (Å²) in [5.74, 6) is 0.341. The van der Waals surface area contributed by atoms with Crippen molar-refractivity contribution >= 4 is 0 Å². The zero-order chi connectivity index (χ0) is 14.8. The van der Waals surface area contributed by atoms with Gasteiger partial charge in [0.2, 0.25) is 0 Å². The number of pyridine rings is 1. The quantitative estimate of drug-likeness (QED) is 0.850. The first-order chi connectivity index (χ1) is 9.41. The molecule has 0 saturated heterocycles. The van der Waals surface area contributed by atoms with Crippen LogP contribution in [0, 0.1) is 0 Å². The number of hydrogen-bond donors (Lipinski definition) is 0. The Balaban J connectivity index is 2.33. The fourth-order valence-electron chi connectivity index (χ4n) is 1.70. The highest BCUT2D eigenvalue weighted by Gasteiger charge is 2.31. The molecule has 0 aliphatic rings. The monoisotopic (exact) mass is 287 g/mol. The molecule has 0 N–H and O–H groups in total. The molecule has 2 aromatic heterocycles. The van der Waals surface area contributed by atoms with Crippen molar-refractivity contribution < 1.29 is 13.2 Å². The van der Waals surface area contributed by atoms with E-state index in [1.54, 1.807) is 0 Å². The molecular weight excluding hydrogens is 275 g/mol. The van der Waals surface area contributed by atoms with Crippen LogP contribution in [0.5, 0.6) is 0 Å². The lowest BCUT2D eigenvalue weighted by molar-refractivity contribution is -0.138. The van der Waals surface area contributed by atoms with Gasteiger partial charge in [0.25, 0.3) is 5.56 Å². The van der Waals surface area contributed by atoms with E-state index in [1.165, 1.54) is 4.68 Å². The highest BCUT2D eigenvalue weighted by molar-refractivity contribution is 5.14. The highest BCUT2D eigenvalue weighted by Crippen LogP contribution is 2.28. The van der Waals surface area contributed by atoms with E-state index in [0.29, 0.717) is 12.4 Å². The molecule has 2 heterocycles. The molecular formula is C11H12F3N5O. The lowest BCUT2D eigenvalue weighted by Gasteiger charge is -2.10. The standard InChI is InChI=1S/C11H12F3N5O/c1-2-5-19-9(15-16-17-19)7-18-6-8(11(12,13)14)3-4-10(18)20/h3-4,6H,2,5,7H2,1H3. The summed E-state index contributed by atoms with van der Waals surface area (Å²) in [4.78, 5) is 11.6. The van der Waals surface area contributed by atoms with Gasteiger partial charge in [-0.3, -0.25) is 4.79 Å². The molecule has 20 heavy (non-hydrogen) atoms. The maximum atomic E-state index is 12.6. The molecule has 0 radical (unpaired) electrons. The number of aromatic nitrogens is 5. The largest absolute Gasteiger partial charge is 0.417 e. The fraction of sp³-hybridized carbons (Fsp3) is 0.455. The summed E-state index contributed by atoms with van der Waals surface area (Å²) in [6.07, 6.45) is -2.95. The van der Waals surface area contributed by atoms with Gasteiger partial charge in [0.1, 0.15) is 0 Å². The fourth-order valence-corrected chi connectivity index (χ4v) is 1.70. The van der Waals surface area contributed by atoms with Gasteiger partial charge in [0.15, 0.2) is 5.82 Å². The van der Waals surface area contributed by atoms with Crippen LogP contribution in [-0.2, 0) is 19.3 Å². The molecule has 0 aliphatic carbocycles. The number of tetrazole rings is 1. The molecule has 0 aliphatic heterocycles. The van der Waals surface area contributed by atoms with Crippen molar-refractivity contribution in [2.24, 2.45) is 0 Å². The topological polar surface area (TPSA) is 65.6 Å². The van der Waals surface area contributed by atoms with Crippen molar-refractivity contribution in [1.29, 1.82) is 0 Å². The van der Waals surface area contributed by atoms with Crippen molar-refractivity contribution in [3.8, 4) is 0 Å². The normalized spacial score (nSPS) is 11.8. The summed E-state index contributed by atoms with van der Waals surface area (Å²) in [5, 5.41) is 10.9. The van der Waals surface area contributed by atoms with Gasteiger partial charge in [-0.1, -0.05) is 6.92 Å². The Morgan fingerprint density at radius 1 is 1.30 bits per heavy atom. The second kappa shape index (κ2) is 5.43. The van der Waals surface area contributed by atoms with Gasteiger partial charge in [0, 0.05) is 18.8 Å². The smallest absolute Gasteiger partial charge is 0.307 e. The first-order valence-electron chi connectivity index (χ1n) is 5.94. The van der Waals surface area contributed by atoms with Crippen LogP contribution < -0.4 is 5.56 Å². The second-order valence-electron chi connectivity index (χ2n) is 4.20. The third-order valence-corrected chi connectivity index (χ3v) is 2.66. The summed E-state index contributed by atoms with van der Waals surface area (Å²) in [7, 11) is 0. The number of hydrogen-bond acceptors (Lipinski definition) is 4. The van der Waals surface area contributed by atoms with Gasteiger partial charge >= 0.3 is 6.18 Å². The predicted octanol–water partition coefficient (Wildman–Crippen LogP) is 1.31. The molecule has 108 valence electrons. The van der Waals surface area contributed by atoms with E-state index in [4.69, 9.17) is 0 Å². The van der Waals surface area contributed by atoms with E-state index < -0.39 is 17.3 Å². The Bertz CT molecular complexity index is 646. The Kier molecular flexibility index (Phi) is 3.86. The average molecular weight is 287 g/mol. The van der Waals surface area contributed by atoms with E-state index >= 15 is 0 Å². The van der Waals surface area contributed by atoms with Crippen molar-refractivity contribution in [2.75, 3.05) is 0 Å². The van der Waals surface area contributed by atoms with Crippen molar-refractivity contribution in [3.63, 3.8) is 0 Å². The predicted molar refractivity (Wildman–Crippen MR) is 62.9 cm³/mol.